The molecule has 5 heteroatoms. The molecule has 1 heterocycles. The van der Waals surface area contributed by atoms with E-state index >= 15 is 0 Å². The summed E-state index contributed by atoms with van der Waals surface area (Å²) in [4.78, 5) is 11.2. The van der Waals surface area contributed by atoms with Gasteiger partial charge in [0.2, 0.25) is 0 Å². The van der Waals surface area contributed by atoms with Crippen molar-refractivity contribution in [2.45, 2.75) is 13.8 Å². The highest BCUT2D eigenvalue weighted by Gasteiger charge is 2.12. The first-order valence-corrected chi connectivity index (χ1v) is 5.28. The molecular weight excluding hydrogens is 190 g/mol. The molecule has 1 N–H and O–H groups in total. The first-order chi connectivity index (χ1) is 6.00. The van der Waals surface area contributed by atoms with E-state index in [0.29, 0.717) is 5.76 Å². The highest BCUT2D eigenvalue weighted by Crippen LogP contribution is 2.12. The molecule has 0 spiro atoms. The summed E-state index contributed by atoms with van der Waals surface area (Å²) in [5, 5.41) is 0. The summed E-state index contributed by atoms with van der Waals surface area (Å²) in [5.41, 5.74) is 0.909. The quantitative estimate of drug-likeness (QED) is 0.774. The van der Waals surface area contributed by atoms with Gasteiger partial charge in [0.25, 0.3) is 5.91 Å². The minimum Gasteiger partial charge on any atom is -0.456 e. The molecule has 0 aliphatic heterocycles. The Morgan fingerprint density at radius 2 is 2.15 bits per heavy atom. The largest absolute Gasteiger partial charge is 0.456 e. The highest BCUT2D eigenvalue weighted by atomic mass is 32.2. The van der Waals surface area contributed by atoms with Crippen molar-refractivity contribution in [3.63, 3.8) is 0 Å². The lowest BCUT2D eigenvalue weighted by molar-refractivity contribution is 0.0955. The molecule has 1 amide bonds. The Morgan fingerprint density at radius 1 is 1.54 bits per heavy atom. The van der Waals surface area contributed by atoms with Gasteiger partial charge in [0.15, 0.2) is 5.76 Å². The lowest BCUT2D eigenvalue weighted by Gasteiger charge is -1.95. The lowest BCUT2D eigenvalue weighted by atomic mass is 10.3. The molecule has 0 fully saturated rings. The molecule has 1 unspecified atom stereocenters. The van der Waals surface area contributed by atoms with E-state index in [1.165, 1.54) is 6.26 Å². The highest BCUT2D eigenvalue weighted by molar-refractivity contribution is 7.82. The average molecular weight is 201 g/mol. The number of amides is 1. The minimum absolute atomic E-state index is 0.199. The van der Waals surface area contributed by atoms with Gasteiger partial charge in [0.1, 0.15) is 16.7 Å². The summed E-state index contributed by atoms with van der Waals surface area (Å²) < 4.78 is 18.0. The second kappa shape index (κ2) is 3.74. The molecule has 1 aromatic heterocycles. The molecule has 72 valence electrons. The predicted octanol–water partition coefficient (Wildman–Crippen LogP) is 0.920. The summed E-state index contributed by atoms with van der Waals surface area (Å²) in [5.74, 6) is 0.453. The number of hydrogen-bond acceptors (Lipinski definition) is 3. The van der Waals surface area contributed by atoms with Crippen LogP contribution in [0.3, 0.4) is 0 Å². The number of hydrogen-bond donors (Lipinski definition) is 1. The van der Waals surface area contributed by atoms with Gasteiger partial charge in [-0.05, 0) is 25.5 Å². The van der Waals surface area contributed by atoms with Crippen LogP contribution >= 0.6 is 0 Å². The molecule has 0 saturated carbocycles. The van der Waals surface area contributed by atoms with E-state index in [4.69, 9.17) is 4.42 Å². The zero-order valence-electron chi connectivity index (χ0n) is 7.71. The van der Waals surface area contributed by atoms with Gasteiger partial charge in [-0.2, -0.15) is 0 Å². The van der Waals surface area contributed by atoms with Crippen molar-refractivity contribution in [1.29, 1.82) is 0 Å². The Labute approximate surface area is 78.9 Å². The van der Waals surface area contributed by atoms with Crippen LogP contribution in [0.5, 0.6) is 0 Å². The zero-order valence-corrected chi connectivity index (χ0v) is 8.53. The predicted molar refractivity (Wildman–Crippen MR) is 49.7 cm³/mol. The van der Waals surface area contributed by atoms with Crippen molar-refractivity contribution in [2.75, 3.05) is 6.26 Å². The summed E-state index contributed by atoms with van der Waals surface area (Å²) >= 11 is 0. The molecule has 0 saturated heterocycles. The van der Waals surface area contributed by atoms with Crippen molar-refractivity contribution >= 4 is 16.9 Å². The molecule has 0 aliphatic carbocycles. The van der Waals surface area contributed by atoms with Crippen molar-refractivity contribution in [1.82, 2.24) is 4.72 Å². The van der Waals surface area contributed by atoms with Gasteiger partial charge in [-0.1, -0.05) is 0 Å². The minimum atomic E-state index is -1.35. The van der Waals surface area contributed by atoms with E-state index in [9.17, 15) is 9.00 Å². The molecule has 0 aliphatic rings. The molecule has 0 aromatic carbocycles. The van der Waals surface area contributed by atoms with E-state index in [0.717, 1.165) is 5.56 Å². The summed E-state index contributed by atoms with van der Waals surface area (Å²) in [6.45, 7) is 3.62. The van der Waals surface area contributed by atoms with Crippen molar-refractivity contribution in [3.8, 4) is 0 Å². The first kappa shape index (κ1) is 9.98. The SMILES string of the molecule is Cc1cc(C(=O)NS(C)=O)oc1C. The Hall–Kier alpha value is -1.10. The molecule has 0 radical (unpaired) electrons. The molecule has 1 atom stereocenters. The van der Waals surface area contributed by atoms with Gasteiger partial charge in [0.05, 0.1) is 0 Å². The Kier molecular flexibility index (Phi) is 2.87. The topological polar surface area (TPSA) is 59.3 Å². The fraction of sp³-hybridized carbons (Fsp3) is 0.375. The smallest absolute Gasteiger partial charge is 0.298 e. The summed E-state index contributed by atoms with van der Waals surface area (Å²) in [6.07, 6.45) is 1.39. The number of carbonyl (C=O) groups is 1. The van der Waals surface area contributed by atoms with Crippen LogP contribution < -0.4 is 4.72 Å². The zero-order chi connectivity index (χ0) is 10.0. The number of rotatable bonds is 2. The number of furan rings is 1. The third-order valence-corrected chi connectivity index (χ3v) is 2.10. The van der Waals surface area contributed by atoms with Gasteiger partial charge in [-0.25, -0.2) is 4.21 Å². The Morgan fingerprint density at radius 3 is 2.54 bits per heavy atom. The second-order valence-electron chi connectivity index (χ2n) is 2.74. The van der Waals surface area contributed by atoms with Gasteiger partial charge in [-0.3, -0.25) is 9.52 Å². The summed E-state index contributed by atoms with van der Waals surface area (Å²) in [6, 6.07) is 1.62. The van der Waals surface area contributed by atoms with E-state index in [1.54, 1.807) is 13.0 Å². The maximum Gasteiger partial charge on any atom is 0.298 e. The van der Waals surface area contributed by atoms with Gasteiger partial charge < -0.3 is 4.42 Å². The number of carbonyl (C=O) groups excluding carboxylic acids is 1. The van der Waals surface area contributed by atoms with E-state index in [2.05, 4.69) is 4.72 Å². The van der Waals surface area contributed by atoms with Gasteiger partial charge >= 0.3 is 0 Å². The molecule has 4 nitrogen and oxygen atoms in total. The maximum atomic E-state index is 11.2. The monoisotopic (exact) mass is 201 g/mol. The van der Waals surface area contributed by atoms with Crippen molar-refractivity contribution in [3.05, 3.63) is 23.2 Å². The number of aryl methyl sites for hydroxylation is 2. The third kappa shape index (κ3) is 2.42. The van der Waals surface area contributed by atoms with Crippen molar-refractivity contribution in [2.24, 2.45) is 0 Å². The average Bonchev–Trinajstić information content (AvgIpc) is 2.31. The normalized spacial score (nSPS) is 12.5. The molecule has 13 heavy (non-hydrogen) atoms. The second-order valence-corrected chi connectivity index (χ2v) is 3.85. The number of nitrogens with one attached hydrogen (secondary N) is 1. The molecular formula is C8H11NO3S. The van der Waals surface area contributed by atoms with E-state index in [1.807, 2.05) is 6.92 Å². The van der Waals surface area contributed by atoms with Crippen molar-refractivity contribution < 1.29 is 13.4 Å². The van der Waals surface area contributed by atoms with Gasteiger partial charge in [-0.15, -0.1) is 0 Å². The fourth-order valence-corrected chi connectivity index (χ4v) is 1.23. The van der Waals surface area contributed by atoms with Crippen LogP contribution in [0.4, 0.5) is 0 Å². The van der Waals surface area contributed by atoms with E-state index in [-0.39, 0.29) is 5.76 Å². The maximum absolute atomic E-state index is 11.2. The van der Waals surface area contributed by atoms with E-state index < -0.39 is 16.9 Å². The van der Waals surface area contributed by atoms with Gasteiger partial charge in [0, 0.05) is 6.26 Å². The van der Waals surface area contributed by atoms with Crippen LogP contribution in [0, 0.1) is 13.8 Å². The molecule has 0 bridgehead atoms. The standard InChI is InChI=1S/C8H11NO3S/c1-5-4-7(12-6(5)2)8(10)9-13(3)11/h4H,1-3H3,(H,9,10). The van der Waals surface area contributed by atoms with Crippen LogP contribution in [0.25, 0.3) is 0 Å². The van der Waals surface area contributed by atoms with Crippen LogP contribution in [0.2, 0.25) is 0 Å². The fourth-order valence-electron chi connectivity index (χ4n) is 0.866. The first-order valence-electron chi connectivity index (χ1n) is 3.72. The van der Waals surface area contributed by atoms with Crippen LogP contribution in [0.1, 0.15) is 21.9 Å². The molecule has 1 rings (SSSR count). The summed E-state index contributed by atoms with van der Waals surface area (Å²) in [7, 11) is -1.35. The molecule has 1 aromatic rings. The Bertz CT molecular complexity index is 337. The van der Waals surface area contributed by atoms with Crippen LogP contribution in [-0.2, 0) is 11.0 Å². The van der Waals surface area contributed by atoms with Crippen LogP contribution in [0.15, 0.2) is 10.5 Å². The lowest BCUT2D eigenvalue weighted by Crippen LogP contribution is -2.24. The van der Waals surface area contributed by atoms with Crippen LogP contribution in [-0.4, -0.2) is 16.4 Å². The Balaban J connectivity index is 2.83. The third-order valence-electron chi connectivity index (χ3n) is 1.63.